The lowest BCUT2D eigenvalue weighted by Gasteiger charge is -2.29. The Hall–Kier alpha value is -1.92. The highest BCUT2D eigenvalue weighted by atomic mass is 31.1. The number of hydrogen-bond donors (Lipinski definition) is 0. The Kier molecular flexibility index (Phi) is 7.88. The third-order valence-electron chi connectivity index (χ3n) is 4.11. The maximum atomic E-state index is 4.77. The Morgan fingerprint density at radius 2 is 1.56 bits per heavy atom. The molecule has 25 heavy (non-hydrogen) atoms. The second-order valence-electron chi connectivity index (χ2n) is 6.37. The van der Waals surface area contributed by atoms with Gasteiger partial charge in [-0.05, 0) is 44.7 Å². The molecule has 1 unspecified atom stereocenters. The van der Waals surface area contributed by atoms with Crippen LogP contribution in [0.4, 0.5) is 0 Å². The van der Waals surface area contributed by atoms with Gasteiger partial charge < -0.3 is 5.01 Å². The predicted octanol–water partition coefficient (Wildman–Crippen LogP) is 4.78. The SMILES string of the molecule is C=CCCCC(/C(C)=N/N(C)C)P(c1ccccc1)c1ccccc1. The number of unbranched alkanes of at least 4 members (excludes halogenated alkanes) is 1. The van der Waals surface area contributed by atoms with Gasteiger partial charge in [-0.1, -0.05) is 66.7 Å². The molecule has 2 rings (SSSR count). The van der Waals surface area contributed by atoms with Crippen molar-refractivity contribution in [1.29, 1.82) is 0 Å². The summed E-state index contributed by atoms with van der Waals surface area (Å²) in [4.78, 5) is 0. The van der Waals surface area contributed by atoms with Gasteiger partial charge in [-0.15, -0.1) is 6.58 Å². The molecule has 0 N–H and O–H groups in total. The minimum atomic E-state index is -0.493. The summed E-state index contributed by atoms with van der Waals surface area (Å²) in [6.07, 6.45) is 5.35. The number of benzene rings is 2. The van der Waals surface area contributed by atoms with Crippen LogP contribution in [0.2, 0.25) is 0 Å². The van der Waals surface area contributed by atoms with Crippen LogP contribution in [0, 0.1) is 0 Å². The van der Waals surface area contributed by atoms with Gasteiger partial charge in [0.05, 0.1) is 0 Å². The molecule has 0 aliphatic rings. The summed E-state index contributed by atoms with van der Waals surface area (Å²) < 4.78 is 0. The van der Waals surface area contributed by atoms with Gasteiger partial charge in [0.2, 0.25) is 0 Å². The van der Waals surface area contributed by atoms with Crippen molar-refractivity contribution >= 4 is 24.2 Å². The maximum absolute atomic E-state index is 4.77. The molecule has 0 aromatic heterocycles. The highest BCUT2D eigenvalue weighted by Gasteiger charge is 2.26. The highest BCUT2D eigenvalue weighted by molar-refractivity contribution is 7.74. The van der Waals surface area contributed by atoms with Crippen LogP contribution in [0.25, 0.3) is 0 Å². The molecule has 2 nitrogen and oxygen atoms in total. The minimum Gasteiger partial charge on any atom is -0.303 e. The number of nitrogens with zero attached hydrogens (tertiary/aromatic N) is 2. The maximum Gasteiger partial charge on any atom is 0.0429 e. The smallest absolute Gasteiger partial charge is 0.0429 e. The number of rotatable bonds is 9. The van der Waals surface area contributed by atoms with E-state index >= 15 is 0 Å². The predicted molar refractivity (Wildman–Crippen MR) is 114 cm³/mol. The lowest BCUT2D eigenvalue weighted by atomic mass is 10.1. The summed E-state index contributed by atoms with van der Waals surface area (Å²) in [5, 5.41) is 9.52. The standard InChI is InChI=1S/C22H29N2P/c1-5-6-9-18-22(19(2)23-24(3)4)25(20-14-10-7-11-15-20)21-16-12-8-13-17-21/h5,7-8,10-17,22H,1,6,9,18H2,2-4H3/b23-19+. The third kappa shape index (κ3) is 5.83. The van der Waals surface area contributed by atoms with E-state index in [1.54, 1.807) is 0 Å². The summed E-state index contributed by atoms with van der Waals surface area (Å²) >= 11 is 0. The molecule has 0 aliphatic carbocycles. The Bertz CT molecular complexity index is 625. The first-order valence-corrected chi connectivity index (χ1v) is 10.3. The zero-order valence-electron chi connectivity index (χ0n) is 15.6. The largest absolute Gasteiger partial charge is 0.303 e. The van der Waals surface area contributed by atoms with Crippen LogP contribution < -0.4 is 10.6 Å². The van der Waals surface area contributed by atoms with E-state index in [2.05, 4.69) is 74.2 Å². The Balaban J connectivity index is 2.46. The number of allylic oxidation sites excluding steroid dienone is 1. The highest BCUT2D eigenvalue weighted by Crippen LogP contribution is 2.42. The fourth-order valence-electron chi connectivity index (χ4n) is 3.05. The molecule has 0 amide bonds. The van der Waals surface area contributed by atoms with E-state index in [0.29, 0.717) is 5.66 Å². The summed E-state index contributed by atoms with van der Waals surface area (Å²) in [7, 11) is 3.50. The van der Waals surface area contributed by atoms with Crippen LogP contribution in [0.1, 0.15) is 26.2 Å². The molecule has 132 valence electrons. The molecule has 0 spiro atoms. The molecule has 0 saturated carbocycles. The van der Waals surface area contributed by atoms with Gasteiger partial charge in [0.25, 0.3) is 0 Å². The molecular weight excluding hydrogens is 323 g/mol. The van der Waals surface area contributed by atoms with Crippen molar-refractivity contribution in [3.05, 3.63) is 73.3 Å². The fraction of sp³-hybridized carbons (Fsp3) is 0.318. The zero-order chi connectivity index (χ0) is 18.1. The molecule has 0 heterocycles. The van der Waals surface area contributed by atoms with Crippen LogP contribution >= 0.6 is 7.92 Å². The molecule has 1 atom stereocenters. The topological polar surface area (TPSA) is 15.6 Å². The molecule has 3 heteroatoms. The molecule has 0 fully saturated rings. The number of hydrogen-bond acceptors (Lipinski definition) is 2. The summed E-state index contributed by atoms with van der Waals surface area (Å²) in [6.45, 7) is 6.06. The molecule has 0 saturated heterocycles. The molecule has 0 radical (unpaired) electrons. The monoisotopic (exact) mass is 352 g/mol. The third-order valence-corrected chi connectivity index (χ3v) is 7.07. The lowest BCUT2D eigenvalue weighted by Crippen LogP contribution is -2.28. The Morgan fingerprint density at radius 3 is 2.00 bits per heavy atom. The van der Waals surface area contributed by atoms with Gasteiger partial charge in [-0.3, -0.25) is 0 Å². The van der Waals surface area contributed by atoms with Crippen molar-refractivity contribution in [3.63, 3.8) is 0 Å². The van der Waals surface area contributed by atoms with E-state index in [9.17, 15) is 0 Å². The quantitative estimate of drug-likeness (QED) is 0.208. The lowest BCUT2D eigenvalue weighted by molar-refractivity contribution is 0.435. The second kappa shape index (κ2) is 10.2. The zero-order valence-corrected chi connectivity index (χ0v) is 16.5. The average Bonchev–Trinajstić information content (AvgIpc) is 2.62. The van der Waals surface area contributed by atoms with Gasteiger partial charge in [0.15, 0.2) is 0 Å². The Morgan fingerprint density at radius 1 is 1.04 bits per heavy atom. The normalized spacial score (nSPS) is 12.9. The first kappa shape index (κ1) is 19.4. The van der Waals surface area contributed by atoms with Crippen LogP contribution in [-0.2, 0) is 0 Å². The molecule has 2 aromatic rings. The van der Waals surface area contributed by atoms with Gasteiger partial charge in [0, 0.05) is 25.5 Å². The van der Waals surface area contributed by atoms with Crippen LogP contribution in [0.5, 0.6) is 0 Å². The van der Waals surface area contributed by atoms with Crippen molar-refractivity contribution < 1.29 is 0 Å². The van der Waals surface area contributed by atoms with E-state index in [4.69, 9.17) is 5.10 Å². The van der Waals surface area contributed by atoms with E-state index in [0.717, 1.165) is 19.3 Å². The Labute approximate surface area is 154 Å². The van der Waals surface area contributed by atoms with Crippen molar-refractivity contribution in [3.8, 4) is 0 Å². The van der Waals surface area contributed by atoms with Crippen LogP contribution in [0.3, 0.4) is 0 Å². The van der Waals surface area contributed by atoms with E-state index in [1.165, 1.54) is 16.3 Å². The molecule has 0 bridgehead atoms. The van der Waals surface area contributed by atoms with Crippen LogP contribution in [-0.4, -0.2) is 30.5 Å². The van der Waals surface area contributed by atoms with Gasteiger partial charge in [-0.25, -0.2) is 0 Å². The van der Waals surface area contributed by atoms with Crippen molar-refractivity contribution in [2.24, 2.45) is 5.10 Å². The first-order valence-electron chi connectivity index (χ1n) is 8.86. The summed E-state index contributed by atoms with van der Waals surface area (Å²) in [5.74, 6) is 0. The molecule has 0 aliphatic heterocycles. The second-order valence-corrected chi connectivity index (χ2v) is 8.76. The summed E-state index contributed by atoms with van der Waals surface area (Å²) in [5.41, 5.74) is 1.65. The van der Waals surface area contributed by atoms with E-state index in [1.807, 2.05) is 25.2 Å². The van der Waals surface area contributed by atoms with Gasteiger partial charge in [0.1, 0.15) is 0 Å². The average molecular weight is 352 g/mol. The van der Waals surface area contributed by atoms with Crippen molar-refractivity contribution in [2.75, 3.05) is 14.1 Å². The summed E-state index contributed by atoms with van der Waals surface area (Å²) in [6, 6.07) is 21.8. The van der Waals surface area contributed by atoms with E-state index < -0.39 is 7.92 Å². The van der Waals surface area contributed by atoms with E-state index in [-0.39, 0.29) is 0 Å². The fourth-order valence-corrected chi connectivity index (χ4v) is 5.92. The number of hydrazone groups is 1. The van der Waals surface area contributed by atoms with Gasteiger partial charge >= 0.3 is 0 Å². The minimum absolute atomic E-state index is 0.433. The van der Waals surface area contributed by atoms with Crippen LogP contribution in [0.15, 0.2) is 78.4 Å². The molecular formula is C22H29N2P. The first-order chi connectivity index (χ1) is 12.1. The molecule has 2 aromatic carbocycles. The van der Waals surface area contributed by atoms with Crippen molar-refractivity contribution in [2.45, 2.75) is 31.8 Å². The van der Waals surface area contributed by atoms with Gasteiger partial charge in [-0.2, -0.15) is 5.10 Å². The van der Waals surface area contributed by atoms with Crippen molar-refractivity contribution in [1.82, 2.24) is 5.01 Å².